The second-order valence-corrected chi connectivity index (χ2v) is 4.07. The van der Waals surface area contributed by atoms with Gasteiger partial charge in [-0.2, -0.15) is 5.10 Å². The Morgan fingerprint density at radius 2 is 2.19 bits per heavy atom. The lowest BCUT2D eigenvalue weighted by Gasteiger charge is -2.08. The van der Waals surface area contributed by atoms with Gasteiger partial charge < -0.3 is 5.32 Å². The predicted octanol–water partition coefficient (Wildman–Crippen LogP) is 2.10. The Bertz CT molecular complexity index is 384. The maximum atomic E-state index is 11.0. The van der Waals surface area contributed by atoms with Crippen LogP contribution in [0.3, 0.4) is 0 Å². The third kappa shape index (κ3) is 2.50. The molecule has 1 heterocycles. The fourth-order valence-electron chi connectivity index (χ4n) is 1.60. The van der Waals surface area contributed by atoms with E-state index in [0.717, 1.165) is 6.42 Å². The Balaban J connectivity index is 3.18. The highest BCUT2D eigenvalue weighted by molar-refractivity contribution is 5.60. The van der Waals surface area contributed by atoms with Crippen LogP contribution in [0, 0.1) is 10.1 Å². The molecule has 0 fully saturated rings. The minimum Gasteiger partial charge on any atom is -0.362 e. The smallest absolute Gasteiger partial charge is 0.333 e. The van der Waals surface area contributed by atoms with Gasteiger partial charge in [0, 0.05) is 13.1 Å². The van der Waals surface area contributed by atoms with Gasteiger partial charge in [0.25, 0.3) is 0 Å². The third-order valence-corrected chi connectivity index (χ3v) is 2.19. The first kappa shape index (κ1) is 12.5. The molecule has 0 aliphatic rings. The third-order valence-electron chi connectivity index (χ3n) is 2.19. The first-order chi connectivity index (χ1) is 7.47. The molecule has 0 saturated carbocycles. The molecule has 0 atom stereocenters. The summed E-state index contributed by atoms with van der Waals surface area (Å²) in [4.78, 5) is 10.7. The van der Waals surface area contributed by atoms with Gasteiger partial charge in [0.2, 0.25) is 5.82 Å². The molecule has 0 saturated heterocycles. The molecule has 0 unspecified atom stereocenters. The van der Waals surface area contributed by atoms with Crippen LogP contribution in [-0.4, -0.2) is 20.7 Å². The lowest BCUT2D eigenvalue weighted by Crippen LogP contribution is -2.14. The number of hydrogen-bond donors (Lipinski definition) is 1. The van der Waals surface area contributed by atoms with Crippen LogP contribution >= 0.6 is 0 Å². The summed E-state index contributed by atoms with van der Waals surface area (Å²) in [6, 6.07) is 0.142. The Morgan fingerprint density at radius 1 is 1.56 bits per heavy atom. The van der Waals surface area contributed by atoms with Crippen molar-refractivity contribution in [3.63, 3.8) is 0 Å². The Labute approximate surface area is 94.8 Å². The average molecular weight is 226 g/mol. The molecule has 1 aromatic rings. The quantitative estimate of drug-likeness (QED) is 0.616. The molecule has 6 nitrogen and oxygen atoms in total. The number of nitro groups is 1. The molecule has 16 heavy (non-hydrogen) atoms. The van der Waals surface area contributed by atoms with E-state index in [1.165, 1.54) is 0 Å². The molecule has 0 amide bonds. The standard InChI is InChI=1S/C10H18N4O2/c1-5-6-8-9(14(15)16)10(11-7(2)3)13(4)12-8/h7,11H,5-6H2,1-4H3. The van der Waals surface area contributed by atoms with E-state index in [0.29, 0.717) is 17.9 Å². The van der Waals surface area contributed by atoms with Crippen LogP contribution in [0.2, 0.25) is 0 Å². The van der Waals surface area contributed by atoms with Crippen LogP contribution in [0.15, 0.2) is 0 Å². The minimum atomic E-state index is -0.358. The van der Waals surface area contributed by atoms with Gasteiger partial charge in [-0.25, -0.2) is 4.68 Å². The van der Waals surface area contributed by atoms with Gasteiger partial charge in [-0.15, -0.1) is 0 Å². The summed E-state index contributed by atoms with van der Waals surface area (Å²) in [7, 11) is 1.72. The lowest BCUT2D eigenvalue weighted by atomic mass is 10.2. The highest BCUT2D eigenvalue weighted by atomic mass is 16.6. The maximum absolute atomic E-state index is 11.0. The van der Waals surface area contributed by atoms with E-state index >= 15 is 0 Å². The van der Waals surface area contributed by atoms with Crippen LogP contribution in [-0.2, 0) is 13.5 Å². The molecule has 90 valence electrons. The SMILES string of the molecule is CCCc1nn(C)c(NC(C)C)c1[N+](=O)[O-]. The maximum Gasteiger partial charge on any atom is 0.333 e. The monoisotopic (exact) mass is 226 g/mol. The first-order valence-corrected chi connectivity index (χ1v) is 5.44. The number of aryl methyl sites for hydroxylation is 2. The number of nitrogens with one attached hydrogen (secondary N) is 1. The molecule has 0 radical (unpaired) electrons. The molecule has 1 aromatic heterocycles. The van der Waals surface area contributed by atoms with Gasteiger partial charge in [0.05, 0.1) is 4.92 Å². The van der Waals surface area contributed by atoms with Crippen molar-refractivity contribution in [1.29, 1.82) is 0 Å². The van der Waals surface area contributed by atoms with Crippen molar-refractivity contribution in [1.82, 2.24) is 9.78 Å². The number of aromatic nitrogens is 2. The topological polar surface area (TPSA) is 73.0 Å². The summed E-state index contributed by atoms with van der Waals surface area (Å²) < 4.78 is 1.54. The van der Waals surface area contributed by atoms with Crippen molar-refractivity contribution in [2.75, 3.05) is 5.32 Å². The average Bonchev–Trinajstić information content (AvgIpc) is 2.43. The number of anilines is 1. The molecule has 0 aliphatic heterocycles. The van der Waals surface area contributed by atoms with Gasteiger partial charge in [-0.05, 0) is 20.3 Å². The zero-order chi connectivity index (χ0) is 12.3. The Hall–Kier alpha value is -1.59. The van der Waals surface area contributed by atoms with Crippen LogP contribution < -0.4 is 5.32 Å². The van der Waals surface area contributed by atoms with E-state index in [4.69, 9.17) is 0 Å². The van der Waals surface area contributed by atoms with E-state index < -0.39 is 0 Å². The van der Waals surface area contributed by atoms with Gasteiger partial charge in [0.1, 0.15) is 5.69 Å². The Morgan fingerprint density at radius 3 is 2.62 bits per heavy atom. The molecular formula is C10H18N4O2. The molecule has 0 bridgehead atoms. The predicted molar refractivity (Wildman–Crippen MR) is 62.6 cm³/mol. The highest BCUT2D eigenvalue weighted by Crippen LogP contribution is 2.29. The van der Waals surface area contributed by atoms with E-state index in [1.807, 2.05) is 20.8 Å². The summed E-state index contributed by atoms with van der Waals surface area (Å²) in [5.74, 6) is 0.489. The van der Waals surface area contributed by atoms with Crippen LogP contribution in [0.25, 0.3) is 0 Å². The molecule has 0 aliphatic carbocycles. The van der Waals surface area contributed by atoms with E-state index in [9.17, 15) is 10.1 Å². The van der Waals surface area contributed by atoms with Gasteiger partial charge >= 0.3 is 5.69 Å². The van der Waals surface area contributed by atoms with E-state index in [2.05, 4.69) is 10.4 Å². The van der Waals surface area contributed by atoms with Crippen molar-refractivity contribution in [3.05, 3.63) is 15.8 Å². The van der Waals surface area contributed by atoms with Crippen molar-refractivity contribution in [3.8, 4) is 0 Å². The van der Waals surface area contributed by atoms with Crippen LogP contribution in [0.4, 0.5) is 11.5 Å². The van der Waals surface area contributed by atoms with Crippen LogP contribution in [0.5, 0.6) is 0 Å². The summed E-state index contributed by atoms with van der Waals surface area (Å²) in [5.41, 5.74) is 0.663. The molecule has 1 N–H and O–H groups in total. The molecule has 0 aromatic carbocycles. The van der Waals surface area contributed by atoms with Crippen molar-refractivity contribution < 1.29 is 4.92 Å². The summed E-state index contributed by atoms with van der Waals surface area (Å²) >= 11 is 0. The largest absolute Gasteiger partial charge is 0.362 e. The lowest BCUT2D eigenvalue weighted by molar-refractivity contribution is -0.384. The first-order valence-electron chi connectivity index (χ1n) is 5.44. The Kier molecular flexibility index (Phi) is 3.87. The van der Waals surface area contributed by atoms with Gasteiger partial charge in [0.15, 0.2) is 0 Å². The second-order valence-electron chi connectivity index (χ2n) is 4.07. The summed E-state index contributed by atoms with van der Waals surface area (Å²) in [6.45, 7) is 5.86. The fourth-order valence-corrected chi connectivity index (χ4v) is 1.60. The number of rotatable bonds is 5. The van der Waals surface area contributed by atoms with Crippen molar-refractivity contribution in [2.45, 2.75) is 39.7 Å². The fraction of sp³-hybridized carbons (Fsp3) is 0.700. The number of hydrogen-bond acceptors (Lipinski definition) is 4. The number of nitrogens with zero attached hydrogens (tertiary/aromatic N) is 3. The minimum absolute atomic E-state index is 0.109. The zero-order valence-electron chi connectivity index (χ0n) is 10.1. The van der Waals surface area contributed by atoms with Gasteiger partial charge in [-0.1, -0.05) is 13.3 Å². The molecule has 6 heteroatoms. The molecule has 0 spiro atoms. The summed E-state index contributed by atoms with van der Waals surface area (Å²) in [5, 5.41) is 18.3. The van der Waals surface area contributed by atoms with E-state index in [-0.39, 0.29) is 16.7 Å². The van der Waals surface area contributed by atoms with Crippen LogP contribution in [0.1, 0.15) is 32.9 Å². The molecular weight excluding hydrogens is 208 g/mol. The summed E-state index contributed by atoms with van der Waals surface area (Å²) in [6.07, 6.45) is 1.48. The highest BCUT2D eigenvalue weighted by Gasteiger charge is 2.26. The zero-order valence-corrected chi connectivity index (χ0v) is 10.1. The second kappa shape index (κ2) is 4.96. The molecule has 1 rings (SSSR count). The van der Waals surface area contributed by atoms with Gasteiger partial charge in [-0.3, -0.25) is 10.1 Å². The van der Waals surface area contributed by atoms with Crippen molar-refractivity contribution in [2.24, 2.45) is 7.05 Å². The normalized spacial score (nSPS) is 10.8. The van der Waals surface area contributed by atoms with Crippen molar-refractivity contribution >= 4 is 11.5 Å². The van der Waals surface area contributed by atoms with E-state index in [1.54, 1.807) is 11.7 Å².